The largest absolute Gasteiger partial charge is 1.00 e. The zero-order valence-electron chi connectivity index (χ0n) is 82.1. The Morgan fingerprint density at radius 2 is 0.671 bits per heavy atom. The van der Waals surface area contributed by atoms with Gasteiger partial charge in [0.25, 0.3) is 0 Å². The molecule has 3 aromatic rings. The van der Waals surface area contributed by atoms with Gasteiger partial charge in [0, 0.05) is 72.0 Å². The van der Waals surface area contributed by atoms with Crippen LogP contribution in [0.5, 0.6) is 11.5 Å². The van der Waals surface area contributed by atoms with Gasteiger partial charge in [-0.05, 0) is 291 Å². The number of halogens is 6. The summed E-state index contributed by atoms with van der Waals surface area (Å²) in [5, 5.41) is 29.6. The fourth-order valence-corrected chi connectivity index (χ4v) is 25.2. The molecule has 0 heterocycles. The van der Waals surface area contributed by atoms with E-state index in [0.717, 1.165) is 63.9 Å². The van der Waals surface area contributed by atoms with E-state index in [0.29, 0.717) is 124 Å². The van der Waals surface area contributed by atoms with Crippen LogP contribution in [0.2, 0.25) is 5.32 Å². The summed E-state index contributed by atoms with van der Waals surface area (Å²) in [5.41, 5.74) is 52.1. The summed E-state index contributed by atoms with van der Waals surface area (Å²) in [4.78, 5) is 143. The molecule has 0 spiro atoms. The van der Waals surface area contributed by atoms with E-state index in [1.54, 1.807) is 0 Å². The van der Waals surface area contributed by atoms with Crippen molar-refractivity contribution in [1.29, 1.82) is 0 Å². The predicted octanol–water partition coefficient (Wildman–Crippen LogP) is 8.68. The van der Waals surface area contributed by atoms with Crippen LogP contribution in [0.1, 0.15) is 184 Å². The molecule has 0 saturated carbocycles. The average molecular weight is 3380 g/mol. The van der Waals surface area contributed by atoms with Gasteiger partial charge in [0.05, 0.1) is 120 Å². The van der Waals surface area contributed by atoms with Gasteiger partial charge < -0.3 is 135 Å². The van der Waals surface area contributed by atoms with Crippen LogP contribution in [0.4, 0.5) is 0 Å². The number of hydrogen-bond acceptors (Lipinski definition) is 25. The van der Waals surface area contributed by atoms with Gasteiger partial charge in [0.2, 0.25) is 53.2 Å². The molecule has 0 saturated heterocycles. The number of hydrogen-bond donors (Lipinski definition) is 16. The van der Waals surface area contributed by atoms with Gasteiger partial charge in [-0.1, -0.05) is 19.3 Å². The van der Waals surface area contributed by atoms with Gasteiger partial charge >= 0.3 is 210 Å². The summed E-state index contributed by atoms with van der Waals surface area (Å²) < 4.78 is 34.6. The van der Waals surface area contributed by atoms with Gasteiger partial charge in [-0.2, -0.15) is 17.3 Å². The molecule has 6 unspecified atom stereocenters. The molecule has 50 heteroatoms. The standard InChI is InChI=1S/C16H23NO4Se.C14H14I3NO5.C13H16I3N3O3.C13H27N3O3S.C9H19N3O3S.C7H15N3O2S.3C6H15P.3Au/c17-15(18)9-8-13(16(19)20)5-4-10-21-11-12-22-14-6-2-1-3-7-14;15-8-4-10(16)13(11(17)5-8)23-6-9(19)3-7(14(21)22)1-2-12(18)20;14-7-5-8(15)12(9(16)6-7)22-4-3-19-13(21)10(17)1-2-11(18)20;14-11(5-6-12(15)17)13(18)16-7-9-19-8-3-1-2-4-10-20;10-7(1-2-8(11)13)9(14)12-3-4-15-5-6-16;8-5(1-2-6(9)11)7(12)10-3-4-13;3*1-4-7(5-2)6-3;;;/h1-3,6-7,13H,4-5,8-12H2,(H2,17,18)(H,19,20);4-5,7H,1-3,6H2,(H2,18,20)(H,21,22);5-6,10H,1-4,17H2,(H2,18,20)(H,19,21);11,20H,1-10,14H2,(H2,15,17)(H,16,18);7,16H,1-6,10H2,(H2,11,13)(H,12,14);5,13H,1-4,8H2,(H2,9,11)(H,10,12);3*4-6H2,1-3H3;;;/q;;;;;;;;;3*+1. The van der Waals surface area contributed by atoms with Crippen molar-refractivity contribution in [2.24, 2.45) is 69.2 Å². The Bertz CT molecular complexity index is 3690. The van der Waals surface area contributed by atoms with Crippen molar-refractivity contribution in [3.05, 3.63) is 76.0 Å². The van der Waals surface area contributed by atoms with Gasteiger partial charge in [-0.3, -0.25) is 52.7 Å². The van der Waals surface area contributed by atoms with Crippen molar-refractivity contribution in [3.63, 3.8) is 0 Å². The second-order valence-corrected chi connectivity index (χ2v) is 51.7. The van der Waals surface area contributed by atoms with Crippen molar-refractivity contribution in [2.45, 2.75) is 214 Å². The molecule has 3 aromatic carbocycles. The minimum Gasteiger partial charge on any atom is -0.793 e. The third-order valence-corrected chi connectivity index (χ3v) is 35.4. The minimum absolute atomic E-state index is 0. The van der Waals surface area contributed by atoms with Crippen LogP contribution in [0.15, 0.2) is 54.6 Å². The number of Topliss-reactive ketones (excluding diaryl/α,β-unsaturated/α-hetero) is 1. The molecule has 820 valence electrons. The molecule has 0 aliphatic heterocycles. The zero-order chi connectivity index (χ0) is 105. The first kappa shape index (κ1) is 157. The molecular weight excluding hydrogens is 3220 g/mol. The molecule has 10 amide bonds. The molecule has 0 fully saturated rings. The van der Waals surface area contributed by atoms with E-state index in [2.05, 4.69) is 257 Å². The van der Waals surface area contributed by atoms with Gasteiger partial charge in [-0.15, -0.1) is 0 Å². The number of rotatable bonds is 66. The molecule has 0 aromatic heterocycles. The normalized spacial score (nSPS) is 11.5. The Morgan fingerprint density at radius 1 is 0.364 bits per heavy atom. The summed E-state index contributed by atoms with van der Waals surface area (Å²) in [6, 6.07) is 15.4. The Balaban J connectivity index is -0.000000202. The molecule has 140 heavy (non-hydrogen) atoms. The van der Waals surface area contributed by atoms with Crippen LogP contribution in [0.25, 0.3) is 0 Å². The van der Waals surface area contributed by atoms with Crippen molar-refractivity contribution in [3.8, 4) is 11.5 Å². The Hall–Kier alpha value is -0.250. The molecule has 26 N–H and O–H groups in total. The summed E-state index contributed by atoms with van der Waals surface area (Å²) in [6.45, 7) is 25.8. The maximum Gasteiger partial charge on any atom is 1.00 e. The Morgan fingerprint density at radius 3 is 0.993 bits per heavy atom. The molecule has 6 atom stereocenters. The number of ketones is 1. The number of ether oxygens (including phenoxy) is 5. The fourth-order valence-electron chi connectivity index (χ4n) is 10.8. The first-order valence-electron chi connectivity index (χ1n) is 45.9. The summed E-state index contributed by atoms with van der Waals surface area (Å²) in [5.74, 6) is -4.54. The molecule has 0 radical (unpaired) electrons. The van der Waals surface area contributed by atoms with E-state index in [4.69, 9.17) is 104 Å². The maximum atomic E-state index is 12.0. The van der Waals surface area contributed by atoms with Crippen molar-refractivity contribution < 1.29 is 163 Å². The van der Waals surface area contributed by atoms with Gasteiger partial charge in [-0.25, -0.2) is 0 Å². The third-order valence-electron chi connectivity index (χ3n) is 19.2. The number of carboxylic acid groups (broad SMARTS) is 2. The number of carboxylic acids is 2. The van der Waals surface area contributed by atoms with Crippen molar-refractivity contribution in [1.82, 2.24) is 21.3 Å². The van der Waals surface area contributed by atoms with E-state index in [1.807, 2.05) is 42.5 Å². The maximum absolute atomic E-state index is 12.0. The number of benzene rings is 3. The van der Waals surface area contributed by atoms with Gasteiger partial charge in [0.15, 0.2) is 5.78 Å². The zero-order valence-corrected chi connectivity index (χ0v) is 109. The van der Waals surface area contributed by atoms with E-state index in [1.165, 1.54) is 59.9 Å². The van der Waals surface area contributed by atoms with Crippen LogP contribution in [-0.4, -0.2) is 278 Å². The predicted molar refractivity (Wildman–Crippen MR) is 620 cm³/mol. The number of carbonyl (C=O) groups is 13. The Labute approximate surface area is 987 Å². The van der Waals surface area contributed by atoms with Crippen LogP contribution in [0, 0.1) is 33.3 Å². The van der Waals surface area contributed by atoms with Crippen LogP contribution >= 0.6 is 159 Å². The van der Waals surface area contributed by atoms with Crippen LogP contribution in [0.3, 0.4) is 0 Å². The van der Waals surface area contributed by atoms with Gasteiger partial charge in [0.1, 0.15) is 24.7 Å². The number of carbonyl (C=O) groups excluding carboxylic acids is 11. The molecule has 0 bridgehead atoms. The number of primary amides is 6. The van der Waals surface area contributed by atoms with Crippen molar-refractivity contribution >= 4 is 293 Å². The molecule has 0 aliphatic carbocycles. The summed E-state index contributed by atoms with van der Waals surface area (Å²) >= 11 is 27.7. The number of nitrogens with one attached hydrogen (secondary N) is 4. The topological polar surface area (TPSA) is 617 Å². The minimum atomic E-state index is -1.11. The van der Waals surface area contributed by atoms with E-state index in [-0.39, 0.29) is 204 Å². The monoisotopic (exact) mass is 3380 g/mol. The fraction of sp³-hybridized carbons (Fsp3) is 0.656. The third kappa shape index (κ3) is 101. The quantitative estimate of drug-likeness (QED) is 0.00825. The number of amides is 10. The molecular formula is C90H159Au3I6N14O20P3S3Se+3. The number of unbranched alkanes of at least 4 members (excludes halogenated alkanes) is 3. The summed E-state index contributed by atoms with van der Waals surface area (Å²) in [7, 11) is 0.412. The smallest absolute Gasteiger partial charge is 0.793 e. The number of nitrogens with two attached hydrogens (primary N) is 10. The summed E-state index contributed by atoms with van der Waals surface area (Å²) in [6.07, 6.45) is 20.4. The average Bonchev–Trinajstić information content (AvgIpc) is 0.842. The van der Waals surface area contributed by atoms with Crippen molar-refractivity contribution in [2.75, 3.05) is 152 Å². The first-order valence-corrected chi connectivity index (χ1v) is 62.5. The molecule has 0 aliphatic rings. The molecule has 3 rings (SSSR count). The van der Waals surface area contributed by atoms with E-state index in [9.17, 15) is 62.3 Å². The van der Waals surface area contributed by atoms with E-state index >= 15 is 0 Å². The molecule has 34 nitrogen and oxygen atoms in total. The second kappa shape index (κ2) is 109. The SMILES string of the molecule is CC[PH+](CC)CC.CC[PH+](CC)CC.CC[PH+](CC)CC.NC(=O)CCC(CC(=O)COc1c(I)cc(I)cc1I)C(=O)O.NC(=O)CCC(CCCOCC[Se]c1ccccc1)C(=O)O.NC(=O)CCC(N)C(=O)NCCOCCCCCC[S-].NC(=O)CCC(N)C(=O)NCCOCC[S-].NC(=O)CCC(N)C(=O)NCCOc1c(I)cc(I)cc1I.NC(=O)CCC(N)C(=O)NCC[S-].[Au+].[Au+].[Au+]. The first-order chi connectivity index (χ1) is 64.9. The Kier molecular flexibility index (Phi) is 122. The second-order valence-electron chi connectivity index (χ2n) is 30.1. The van der Waals surface area contributed by atoms with Crippen LogP contribution in [-0.2, 0) is 182 Å². The number of aliphatic carboxylic acids is 2. The van der Waals surface area contributed by atoms with Crippen LogP contribution < -0.4 is 92.5 Å². The van der Waals surface area contributed by atoms with E-state index < -0.39 is 83.4 Å².